The summed E-state index contributed by atoms with van der Waals surface area (Å²) in [7, 11) is 3.41. The molecule has 0 unspecified atom stereocenters. The van der Waals surface area contributed by atoms with Gasteiger partial charge in [0.25, 0.3) is 5.91 Å². The summed E-state index contributed by atoms with van der Waals surface area (Å²) in [5.41, 5.74) is 5.01. The lowest BCUT2D eigenvalue weighted by Gasteiger charge is -2.37. The first-order valence-electron chi connectivity index (χ1n) is 14.1. The summed E-state index contributed by atoms with van der Waals surface area (Å²) in [5.74, 6) is -0.375. The predicted octanol–water partition coefficient (Wildman–Crippen LogP) is 5.05. The van der Waals surface area contributed by atoms with Crippen LogP contribution < -0.4 is 20.5 Å². The van der Waals surface area contributed by atoms with Crippen molar-refractivity contribution in [3.05, 3.63) is 29.7 Å². The number of benzene rings is 1. The summed E-state index contributed by atoms with van der Waals surface area (Å²) in [6, 6.07) is 4.20. The Balaban J connectivity index is 1.61. The van der Waals surface area contributed by atoms with Crippen LogP contribution in [0.3, 0.4) is 0 Å². The van der Waals surface area contributed by atoms with Crippen LogP contribution >= 0.6 is 0 Å². The van der Waals surface area contributed by atoms with E-state index in [1.54, 1.807) is 19.0 Å². The molecule has 1 aromatic heterocycles. The molecular weight excluding hydrogens is 554 g/mol. The quantitative estimate of drug-likeness (QED) is 0.329. The number of hydrogen-bond acceptors (Lipinski definition) is 8. The summed E-state index contributed by atoms with van der Waals surface area (Å²) >= 11 is 0. The van der Waals surface area contributed by atoms with E-state index in [9.17, 15) is 23.2 Å². The van der Waals surface area contributed by atoms with E-state index in [1.165, 1.54) is 25.1 Å². The van der Waals surface area contributed by atoms with Crippen LogP contribution in [0.2, 0.25) is 0 Å². The van der Waals surface area contributed by atoms with Gasteiger partial charge in [-0.25, -0.2) is 9.78 Å². The number of alkyl halides is 2. The number of carbonyl (C=O) groups is 3. The fourth-order valence-electron chi connectivity index (χ4n) is 5.11. The molecule has 230 valence electrons. The third-order valence-corrected chi connectivity index (χ3v) is 7.67. The van der Waals surface area contributed by atoms with Gasteiger partial charge < -0.3 is 34.6 Å². The lowest BCUT2D eigenvalue weighted by molar-refractivity contribution is -0.131. The zero-order chi connectivity index (χ0) is 30.4. The maximum absolute atomic E-state index is 13.5. The Kier molecular flexibility index (Phi) is 9.89. The first-order chi connectivity index (χ1) is 20.0. The number of aromatic nitrogens is 1. The van der Waals surface area contributed by atoms with Gasteiger partial charge >= 0.3 is 12.7 Å². The second-order valence-electron chi connectivity index (χ2n) is 11.3. The van der Waals surface area contributed by atoms with Gasteiger partial charge in [0.2, 0.25) is 11.8 Å². The fraction of sp³-hybridized carbons (Fsp3) is 0.586. The van der Waals surface area contributed by atoms with E-state index in [-0.39, 0.29) is 41.3 Å². The molecule has 2 aliphatic carbocycles. The third-order valence-electron chi connectivity index (χ3n) is 7.67. The Morgan fingerprint density at radius 2 is 1.88 bits per heavy atom. The van der Waals surface area contributed by atoms with Crippen LogP contribution in [0, 0.1) is 11.3 Å². The molecule has 2 saturated carbocycles. The Bertz CT molecular complexity index is 1270. The molecule has 0 aliphatic heterocycles. The number of nitrogens with zero attached hydrogens (tertiary/aromatic N) is 2. The van der Waals surface area contributed by atoms with Gasteiger partial charge in [-0.05, 0) is 62.1 Å². The molecule has 1 heterocycles. The van der Waals surface area contributed by atoms with Crippen molar-refractivity contribution in [3.8, 4) is 23.0 Å². The van der Waals surface area contributed by atoms with Crippen molar-refractivity contribution in [2.75, 3.05) is 27.2 Å². The molecule has 42 heavy (non-hydrogen) atoms. The third kappa shape index (κ3) is 8.10. The van der Waals surface area contributed by atoms with Gasteiger partial charge in [0.15, 0.2) is 29.1 Å². The number of nitrogens with one attached hydrogen (secondary N) is 1. The van der Waals surface area contributed by atoms with E-state index in [0.717, 1.165) is 44.9 Å². The lowest BCUT2D eigenvalue weighted by atomic mass is 9.71. The van der Waals surface area contributed by atoms with Gasteiger partial charge in [-0.2, -0.15) is 8.78 Å². The number of amides is 3. The highest BCUT2D eigenvalue weighted by Gasteiger charge is 2.36. The zero-order valence-corrected chi connectivity index (χ0v) is 24.1. The highest BCUT2D eigenvalue weighted by atomic mass is 19.3. The summed E-state index contributed by atoms with van der Waals surface area (Å²) < 4.78 is 47.3. The minimum Gasteiger partial charge on any atom is -0.489 e. The highest BCUT2D eigenvalue weighted by Crippen LogP contribution is 2.40. The van der Waals surface area contributed by atoms with Gasteiger partial charge in [-0.3, -0.25) is 9.59 Å². The number of oxazole rings is 1. The molecule has 2 aliphatic rings. The van der Waals surface area contributed by atoms with Gasteiger partial charge in [-0.15, -0.1) is 0 Å². The summed E-state index contributed by atoms with van der Waals surface area (Å²) in [4.78, 5) is 43.5. The number of primary amides is 1. The van der Waals surface area contributed by atoms with Crippen LogP contribution in [0.4, 0.5) is 13.6 Å². The predicted molar refractivity (Wildman–Crippen MR) is 147 cm³/mol. The average molecular weight is 593 g/mol. The van der Waals surface area contributed by atoms with Crippen LogP contribution in [0.5, 0.6) is 11.5 Å². The van der Waals surface area contributed by atoms with Gasteiger partial charge in [0, 0.05) is 32.6 Å². The van der Waals surface area contributed by atoms with Crippen LogP contribution in [-0.4, -0.2) is 61.6 Å². The van der Waals surface area contributed by atoms with Crippen molar-refractivity contribution in [1.82, 2.24) is 15.2 Å². The van der Waals surface area contributed by atoms with Crippen molar-refractivity contribution in [2.45, 2.75) is 71.0 Å². The van der Waals surface area contributed by atoms with Gasteiger partial charge in [0.05, 0.1) is 6.61 Å². The topological polar surface area (TPSA) is 146 Å². The van der Waals surface area contributed by atoms with Crippen molar-refractivity contribution >= 4 is 17.9 Å². The van der Waals surface area contributed by atoms with Crippen LogP contribution in [-0.2, 0) is 9.53 Å². The number of halogens is 2. The van der Waals surface area contributed by atoms with Crippen molar-refractivity contribution < 1.29 is 41.8 Å². The van der Waals surface area contributed by atoms with Crippen molar-refractivity contribution in [3.63, 3.8) is 0 Å². The second-order valence-corrected chi connectivity index (χ2v) is 11.3. The first kappa shape index (κ1) is 31.0. The highest BCUT2D eigenvalue weighted by molar-refractivity contribution is 5.94. The molecule has 2 aromatic rings. The minimum absolute atomic E-state index is 0.0157. The normalized spacial score (nSPS) is 16.9. The molecule has 0 bridgehead atoms. The number of rotatable bonds is 13. The molecule has 3 N–H and O–H groups in total. The summed E-state index contributed by atoms with van der Waals surface area (Å²) in [6.07, 6.45) is 4.72. The fourth-order valence-corrected chi connectivity index (χ4v) is 5.11. The Morgan fingerprint density at radius 3 is 2.50 bits per heavy atom. The molecule has 0 spiro atoms. The molecule has 1 aromatic carbocycles. The molecule has 0 saturated heterocycles. The largest absolute Gasteiger partial charge is 0.489 e. The van der Waals surface area contributed by atoms with E-state index >= 15 is 0 Å². The smallest absolute Gasteiger partial charge is 0.405 e. The molecule has 11 nitrogen and oxygen atoms in total. The van der Waals surface area contributed by atoms with Crippen molar-refractivity contribution in [2.24, 2.45) is 17.1 Å². The number of hydrogen-bond donors (Lipinski definition) is 2. The zero-order valence-electron chi connectivity index (χ0n) is 24.1. The van der Waals surface area contributed by atoms with Crippen LogP contribution in [0.1, 0.15) is 80.6 Å². The summed E-state index contributed by atoms with van der Waals surface area (Å²) in [6.45, 7) is -0.977. The first-order valence-corrected chi connectivity index (χ1v) is 14.1. The van der Waals surface area contributed by atoms with E-state index < -0.39 is 30.1 Å². The minimum atomic E-state index is -3.05. The maximum Gasteiger partial charge on any atom is 0.405 e. The molecule has 0 radical (unpaired) electrons. The molecule has 3 amide bonds. The number of ether oxygens (including phenoxy) is 3. The van der Waals surface area contributed by atoms with Crippen LogP contribution in [0.25, 0.3) is 11.5 Å². The average Bonchev–Trinajstić information content (AvgIpc) is 3.66. The molecule has 4 rings (SSSR count). The SMILES string of the molecule is C[C@H](OC(N)=O)c1oc(-c2ccc(OC(F)F)c(OCC3CC3)c2)nc1C(=O)NCC1(CC(=O)N(C)C)CCCCC1. The molecule has 1 atom stereocenters. The monoisotopic (exact) mass is 592 g/mol. The van der Waals surface area contributed by atoms with Gasteiger partial charge in [-0.1, -0.05) is 19.3 Å². The Hall–Kier alpha value is -3.90. The van der Waals surface area contributed by atoms with E-state index in [0.29, 0.717) is 24.5 Å². The van der Waals surface area contributed by atoms with Gasteiger partial charge in [0.1, 0.15) is 0 Å². The van der Waals surface area contributed by atoms with Crippen molar-refractivity contribution in [1.29, 1.82) is 0 Å². The Morgan fingerprint density at radius 1 is 1.17 bits per heavy atom. The van der Waals surface area contributed by atoms with E-state index in [1.807, 2.05) is 0 Å². The molecular formula is C29H38F2N4O7. The maximum atomic E-state index is 13.5. The van der Waals surface area contributed by atoms with Crippen LogP contribution in [0.15, 0.2) is 22.6 Å². The van der Waals surface area contributed by atoms with E-state index in [2.05, 4.69) is 15.0 Å². The Labute approximate surface area is 243 Å². The summed E-state index contributed by atoms with van der Waals surface area (Å²) in [5, 5.41) is 2.92. The van der Waals surface area contributed by atoms with E-state index in [4.69, 9.17) is 19.6 Å². The molecule has 2 fully saturated rings. The molecule has 13 heteroatoms. The second kappa shape index (κ2) is 13.4. The lowest BCUT2D eigenvalue weighted by Crippen LogP contribution is -2.42. The number of nitrogens with two attached hydrogens (primary N) is 1. The standard InChI is InChI=1S/C29H38F2N4O7/c1-17(40-28(32)38)24-23(25(37)33-16-29(11-5-4-6-12-29)14-22(36)35(2)3)34-26(42-24)19-9-10-20(41-27(30)31)21(13-19)39-15-18-7-8-18/h9-10,13,17-18,27H,4-8,11-12,14-16H2,1-3H3,(H2,32,38)(H,33,37)/t17-/m0/s1. The number of carbonyl (C=O) groups excluding carboxylic acids is 3.